The van der Waals surface area contributed by atoms with Crippen LogP contribution in [0.25, 0.3) is 0 Å². The van der Waals surface area contributed by atoms with E-state index in [1.165, 1.54) is 48.4 Å². The monoisotopic (exact) mass is 593 g/mol. The van der Waals surface area contributed by atoms with Gasteiger partial charge in [-0.2, -0.15) is 17.1 Å². The van der Waals surface area contributed by atoms with Gasteiger partial charge in [-0.25, -0.2) is 12.8 Å². The molecule has 2 aromatic rings. The van der Waals surface area contributed by atoms with E-state index in [0.29, 0.717) is 5.56 Å². The Hall–Kier alpha value is -3.13. The molecule has 0 saturated heterocycles. The van der Waals surface area contributed by atoms with E-state index in [2.05, 4.69) is 4.40 Å². The highest BCUT2D eigenvalue weighted by molar-refractivity contribution is 7.91. The van der Waals surface area contributed by atoms with E-state index in [1.54, 1.807) is 6.07 Å². The molecule has 0 fully saturated rings. The van der Waals surface area contributed by atoms with Gasteiger partial charge < -0.3 is 14.7 Å². The minimum atomic E-state index is -4.34. The van der Waals surface area contributed by atoms with Crippen molar-refractivity contribution in [3.8, 4) is 0 Å². The number of benzene rings is 2. The number of fused-ring (bicyclic) bond motifs is 1. The number of nitrogens with zero attached hydrogens (tertiary/aromatic N) is 3. The van der Waals surface area contributed by atoms with Gasteiger partial charge in [0.25, 0.3) is 15.9 Å². The van der Waals surface area contributed by atoms with E-state index < -0.39 is 43.2 Å². The molecule has 2 aliphatic rings. The molecule has 0 unspecified atom stereocenters. The van der Waals surface area contributed by atoms with Crippen LogP contribution in [0.15, 0.2) is 63.1 Å². The first-order valence-electron chi connectivity index (χ1n) is 12.5. The van der Waals surface area contributed by atoms with Crippen LogP contribution in [-0.4, -0.2) is 75.3 Å². The van der Waals surface area contributed by atoms with Crippen molar-refractivity contribution >= 4 is 31.7 Å². The molecular weight excluding hydrogens is 561 g/mol. The first-order valence-corrected chi connectivity index (χ1v) is 15.8. The lowest BCUT2D eigenvalue weighted by Gasteiger charge is -2.35. The lowest BCUT2D eigenvalue weighted by atomic mass is 9.84. The number of ether oxygens (including phenoxy) is 1. The molecule has 2 aromatic carbocycles. The van der Waals surface area contributed by atoms with E-state index >= 15 is 0 Å². The Morgan fingerprint density at radius 2 is 1.80 bits per heavy atom. The van der Waals surface area contributed by atoms with Crippen molar-refractivity contribution in [1.29, 1.82) is 0 Å². The Labute approximate surface area is 233 Å². The number of aliphatic hydroxyl groups is 1. The molecule has 2 aliphatic heterocycles. The fourth-order valence-electron chi connectivity index (χ4n) is 5.05. The lowest BCUT2D eigenvalue weighted by Crippen LogP contribution is -2.43. The molecule has 0 aromatic heterocycles. The first kappa shape index (κ1) is 29.8. The Morgan fingerprint density at radius 3 is 2.38 bits per heavy atom. The van der Waals surface area contributed by atoms with Crippen molar-refractivity contribution in [1.82, 2.24) is 9.21 Å². The van der Waals surface area contributed by atoms with Gasteiger partial charge in [0.05, 0.1) is 18.9 Å². The van der Waals surface area contributed by atoms with Crippen molar-refractivity contribution in [2.75, 3.05) is 26.5 Å². The van der Waals surface area contributed by atoms with Crippen LogP contribution >= 0.6 is 0 Å². The Bertz CT molecular complexity index is 1610. The molecule has 40 heavy (non-hydrogen) atoms. The summed E-state index contributed by atoms with van der Waals surface area (Å²) in [6.45, 7) is 5.40. The van der Waals surface area contributed by atoms with Crippen LogP contribution in [0.1, 0.15) is 37.5 Å². The van der Waals surface area contributed by atoms with E-state index in [-0.39, 0.29) is 59.3 Å². The minimum absolute atomic E-state index is 0.00278. The number of carbonyl (C=O) groups is 1. The predicted molar refractivity (Wildman–Crippen MR) is 147 cm³/mol. The van der Waals surface area contributed by atoms with Crippen molar-refractivity contribution in [2.45, 2.75) is 44.8 Å². The molecule has 1 atom stereocenters. The number of halogens is 1. The number of methoxy groups -OCH3 is 1. The number of rotatable bonds is 9. The molecule has 13 heteroatoms. The van der Waals surface area contributed by atoms with Crippen LogP contribution in [0, 0.1) is 11.2 Å². The maximum absolute atomic E-state index is 13.8. The minimum Gasteiger partial charge on any atom is -0.509 e. The van der Waals surface area contributed by atoms with E-state index in [1.807, 2.05) is 20.8 Å². The third-order valence-electron chi connectivity index (χ3n) is 6.81. The lowest BCUT2D eigenvalue weighted by molar-refractivity contribution is -0.129. The van der Waals surface area contributed by atoms with Crippen LogP contribution in [0.2, 0.25) is 0 Å². The zero-order valence-electron chi connectivity index (χ0n) is 22.9. The Morgan fingerprint density at radius 1 is 1.15 bits per heavy atom. The Balaban J connectivity index is 1.79. The SMILES string of the molecule is COCCN(Cc1cccc2c1S(=O)(=O)N=C2C1=C(O)[C@H](C(C)(C)C)N(Cc2ccc(F)cc2)C1=O)S(C)(=O)=O. The predicted octanol–water partition coefficient (Wildman–Crippen LogP) is 2.99. The number of amides is 1. The second-order valence-electron chi connectivity index (χ2n) is 10.9. The molecule has 4 rings (SSSR count). The third-order valence-corrected chi connectivity index (χ3v) is 9.48. The highest BCUT2D eigenvalue weighted by Crippen LogP contribution is 2.41. The standard InChI is InChI=1S/C27H32FN3O7S2/c1-27(2,3)25-23(32)21(26(33)31(25)15-17-9-11-19(28)12-10-17)22-20-8-6-7-18(24(20)40(36,37)29-22)16-30(13-14-38-4)39(5,34)35/h6-12,25,32H,13-16H2,1-5H3/t25-/m1/s1. The molecular formula is C27H32FN3O7S2. The molecule has 0 radical (unpaired) electrons. The summed E-state index contributed by atoms with van der Waals surface area (Å²) in [6.07, 6.45) is 1.02. The van der Waals surface area contributed by atoms with Crippen LogP contribution in [0.3, 0.4) is 0 Å². The maximum Gasteiger partial charge on any atom is 0.283 e. The van der Waals surface area contributed by atoms with E-state index in [0.717, 1.165) is 10.6 Å². The summed E-state index contributed by atoms with van der Waals surface area (Å²) >= 11 is 0. The zero-order chi connectivity index (χ0) is 29.6. The van der Waals surface area contributed by atoms with Gasteiger partial charge in [-0.15, -0.1) is 0 Å². The molecule has 1 N–H and O–H groups in total. The number of carbonyl (C=O) groups excluding carboxylic acids is 1. The third kappa shape index (κ3) is 5.69. The fourth-order valence-corrected chi connectivity index (χ4v) is 7.25. The Kier molecular flexibility index (Phi) is 7.98. The summed E-state index contributed by atoms with van der Waals surface area (Å²) in [7, 11) is -6.63. The summed E-state index contributed by atoms with van der Waals surface area (Å²) in [6, 6.07) is 9.32. The van der Waals surface area contributed by atoms with E-state index in [4.69, 9.17) is 4.74 Å². The average molecular weight is 594 g/mol. The van der Waals surface area contributed by atoms with Gasteiger partial charge in [0.1, 0.15) is 27.8 Å². The van der Waals surface area contributed by atoms with Crippen LogP contribution in [0.4, 0.5) is 4.39 Å². The number of aliphatic hydroxyl groups excluding tert-OH is 1. The average Bonchev–Trinajstić information content (AvgIpc) is 3.26. The summed E-state index contributed by atoms with van der Waals surface area (Å²) in [5.74, 6) is -1.36. The van der Waals surface area contributed by atoms with Gasteiger partial charge in [0.2, 0.25) is 10.0 Å². The van der Waals surface area contributed by atoms with E-state index in [9.17, 15) is 31.1 Å². The summed E-state index contributed by atoms with van der Waals surface area (Å²) in [5, 5.41) is 11.4. The smallest absolute Gasteiger partial charge is 0.283 e. The summed E-state index contributed by atoms with van der Waals surface area (Å²) < 4.78 is 74.9. The topological polar surface area (TPSA) is 134 Å². The van der Waals surface area contributed by atoms with Crippen LogP contribution < -0.4 is 0 Å². The normalized spacial score (nSPS) is 19.0. The van der Waals surface area contributed by atoms with Gasteiger partial charge in [0, 0.05) is 32.3 Å². The van der Waals surface area contributed by atoms with Gasteiger partial charge in [0.15, 0.2) is 0 Å². The number of hydrogen-bond acceptors (Lipinski definition) is 7. The quantitative estimate of drug-likeness (QED) is 0.473. The molecule has 0 spiro atoms. The van der Waals surface area contributed by atoms with Gasteiger partial charge in [-0.3, -0.25) is 4.79 Å². The molecule has 0 bridgehead atoms. The highest BCUT2D eigenvalue weighted by Gasteiger charge is 2.49. The fraction of sp³-hybridized carbons (Fsp3) is 0.407. The second-order valence-corrected chi connectivity index (χ2v) is 14.4. The van der Waals surface area contributed by atoms with Crippen LogP contribution in [0.5, 0.6) is 0 Å². The highest BCUT2D eigenvalue weighted by atomic mass is 32.2. The van der Waals surface area contributed by atoms with Gasteiger partial charge in [-0.1, -0.05) is 51.1 Å². The molecule has 0 saturated carbocycles. The van der Waals surface area contributed by atoms with Gasteiger partial charge >= 0.3 is 0 Å². The second kappa shape index (κ2) is 10.7. The molecule has 216 valence electrons. The van der Waals surface area contributed by atoms with Crippen molar-refractivity contribution < 1.29 is 35.9 Å². The summed E-state index contributed by atoms with van der Waals surface area (Å²) in [5.41, 5.74) is -0.179. The number of hydrogen-bond donors (Lipinski definition) is 1. The molecule has 2 heterocycles. The molecule has 10 nitrogen and oxygen atoms in total. The molecule has 0 aliphatic carbocycles. The zero-order valence-corrected chi connectivity index (χ0v) is 24.5. The summed E-state index contributed by atoms with van der Waals surface area (Å²) in [4.78, 5) is 15.0. The van der Waals surface area contributed by atoms with Crippen molar-refractivity contribution in [3.63, 3.8) is 0 Å². The van der Waals surface area contributed by atoms with Crippen molar-refractivity contribution in [2.24, 2.45) is 9.81 Å². The number of sulfonamides is 2. The van der Waals surface area contributed by atoms with Crippen molar-refractivity contribution in [3.05, 3.63) is 76.3 Å². The first-order chi connectivity index (χ1) is 18.6. The van der Waals surface area contributed by atoms with Gasteiger partial charge in [-0.05, 0) is 28.7 Å². The maximum atomic E-state index is 13.8. The van der Waals surface area contributed by atoms with Crippen LogP contribution in [-0.2, 0) is 42.7 Å². The largest absolute Gasteiger partial charge is 0.509 e. The molecule has 1 amide bonds.